The molecule has 0 unspecified atom stereocenters. The summed E-state index contributed by atoms with van der Waals surface area (Å²) in [7, 11) is 0. The van der Waals surface area contributed by atoms with Crippen molar-refractivity contribution >= 4 is 80.1 Å². The van der Waals surface area contributed by atoms with Crippen LogP contribution in [0.15, 0.2) is 41.3 Å². The van der Waals surface area contributed by atoms with E-state index in [-0.39, 0.29) is 12.5 Å². The van der Waals surface area contributed by atoms with Gasteiger partial charge in [0.15, 0.2) is 0 Å². The molecule has 0 radical (unpaired) electrons. The van der Waals surface area contributed by atoms with Gasteiger partial charge in [-0.1, -0.05) is 29.8 Å². The lowest BCUT2D eigenvalue weighted by molar-refractivity contribution is -0.135. The predicted octanol–water partition coefficient (Wildman–Crippen LogP) is 5.44. The van der Waals surface area contributed by atoms with Gasteiger partial charge in [-0.25, -0.2) is 0 Å². The van der Waals surface area contributed by atoms with Crippen LogP contribution in [-0.2, 0) is 16.2 Å². The van der Waals surface area contributed by atoms with Gasteiger partial charge in [-0.15, -0.1) is 0 Å². The van der Waals surface area contributed by atoms with Gasteiger partial charge >= 0.3 is 0 Å². The Balaban J connectivity index is 1.45. The van der Waals surface area contributed by atoms with Crippen LogP contribution in [0, 0.1) is 14.1 Å². The van der Waals surface area contributed by atoms with Crippen LogP contribution in [0.25, 0.3) is 6.08 Å². The van der Waals surface area contributed by atoms with Crippen molar-refractivity contribution in [1.29, 1.82) is 0 Å². The van der Waals surface area contributed by atoms with Gasteiger partial charge in [0.2, 0.25) is 5.91 Å². The van der Waals surface area contributed by atoms with Crippen molar-refractivity contribution in [1.82, 2.24) is 9.80 Å². The first-order chi connectivity index (χ1) is 15.8. The third-order valence-electron chi connectivity index (χ3n) is 5.45. The first-order valence-corrected chi connectivity index (χ1v) is 13.5. The second-order valence-corrected chi connectivity index (χ2v) is 11.3. The maximum atomic E-state index is 12.8. The summed E-state index contributed by atoms with van der Waals surface area (Å²) in [6, 6.07) is 12.1. The van der Waals surface area contributed by atoms with Crippen molar-refractivity contribution in [2.45, 2.75) is 26.4 Å². The summed E-state index contributed by atoms with van der Waals surface area (Å²) < 4.78 is 7.89. The van der Waals surface area contributed by atoms with E-state index in [1.807, 2.05) is 24.3 Å². The second kappa shape index (κ2) is 10.8. The molecular formula is C24H22I2N2O4S. The first-order valence-electron chi connectivity index (χ1n) is 10.5. The SMILES string of the molecule is Cc1ccc(COc2c(I)cc(/C=C3/SC(=O)N(CC(=O)N4CCCC4)C3=O)cc2I)cc1. The number of imide groups is 1. The van der Waals surface area contributed by atoms with Crippen LogP contribution < -0.4 is 4.74 Å². The lowest BCUT2D eigenvalue weighted by Crippen LogP contribution is -2.40. The fourth-order valence-corrected chi connectivity index (χ4v) is 6.60. The van der Waals surface area contributed by atoms with Crippen LogP contribution in [0.5, 0.6) is 5.75 Å². The molecule has 0 aromatic heterocycles. The number of aryl methyl sites for hydroxylation is 1. The molecular weight excluding hydrogens is 666 g/mol. The molecule has 4 rings (SSSR count). The Bertz CT molecular complexity index is 1100. The number of thioether (sulfide) groups is 1. The average molecular weight is 688 g/mol. The summed E-state index contributed by atoms with van der Waals surface area (Å²) in [5.74, 6) is 0.204. The van der Waals surface area contributed by atoms with Crippen LogP contribution in [0.4, 0.5) is 4.79 Å². The second-order valence-electron chi connectivity index (χ2n) is 7.94. The number of ether oxygens (including phenoxy) is 1. The predicted molar refractivity (Wildman–Crippen MR) is 146 cm³/mol. The number of amides is 3. The number of rotatable bonds is 6. The molecule has 0 N–H and O–H groups in total. The number of hydrogen-bond acceptors (Lipinski definition) is 5. The van der Waals surface area contributed by atoms with Crippen molar-refractivity contribution in [2.75, 3.05) is 19.6 Å². The summed E-state index contributed by atoms with van der Waals surface area (Å²) in [6.07, 6.45) is 3.64. The molecule has 0 aliphatic carbocycles. The Labute approximate surface area is 224 Å². The molecule has 33 heavy (non-hydrogen) atoms. The van der Waals surface area contributed by atoms with Crippen molar-refractivity contribution in [3.05, 3.63) is 65.1 Å². The fourth-order valence-electron chi connectivity index (χ4n) is 3.63. The van der Waals surface area contributed by atoms with Crippen LogP contribution in [0.3, 0.4) is 0 Å². The van der Waals surface area contributed by atoms with E-state index in [1.165, 1.54) is 5.56 Å². The molecule has 0 saturated carbocycles. The molecule has 0 atom stereocenters. The minimum atomic E-state index is -0.415. The Hall–Kier alpha value is -1.60. The van der Waals surface area contributed by atoms with Crippen LogP contribution >= 0.6 is 56.9 Å². The van der Waals surface area contributed by atoms with E-state index in [0.29, 0.717) is 24.6 Å². The van der Waals surface area contributed by atoms with Crippen molar-refractivity contribution in [2.24, 2.45) is 0 Å². The summed E-state index contributed by atoms with van der Waals surface area (Å²) >= 11 is 5.32. The van der Waals surface area contributed by atoms with Crippen molar-refractivity contribution in [3.63, 3.8) is 0 Å². The molecule has 2 saturated heterocycles. The molecule has 0 bridgehead atoms. The topological polar surface area (TPSA) is 66.9 Å². The van der Waals surface area contributed by atoms with E-state index in [2.05, 4.69) is 64.2 Å². The molecule has 2 heterocycles. The fraction of sp³-hybridized carbons (Fsp3) is 0.292. The minimum absolute atomic E-state index is 0.171. The molecule has 2 aromatic carbocycles. The van der Waals surface area contributed by atoms with Crippen molar-refractivity contribution < 1.29 is 19.1 Å². The number of likely N-dealkylation sites (tertiary alicyclic amines) is 1. The number of nitrogens with zero attached hydrogens (tertiary/aromatic N) is 2. The lowest BCUT2D eigenvalue weighted by atomic mass is 10.1. The zero-order valence-corrected chi connectivity index (χ0v) is 23.1. The molecule has 2 aliphatic heterocycles. The Morgan fingerprint density at radius 1 is 1.09 bits per heavy atom. The largest absolute Gasteiger partial charge is 0.487 e. The Morgan fingerprint density at radius 3 is 2.36 bits per heavy atom. The third kappa shape index (κ3) is 5.91. The van der Waals surface area contributed by atoms with Crippen LogP contribution in [0.1, 0.15) is 29.5 Å². The van der Waals surface area contributed by atoms with Crippen molar-refractivity contribution in [3.8, 4) is 5.75 Å². The summed E-state index contributed by atoms with van der Waals surface area (Å²) in [5, 5.41) is -0.402. The molecule has 6 nitrogen and oxygen atoms in total. The van der Waals surface area contributed by atoms with Crippen LogP contribution in [-0.4, -0.2) is 46.5 Å². The van der Waals surface area contributed by atoms with Gasteiger partial charge in [-0.2, -0.15) is 0 Å². The van der Waals surface area contributed by atoms with Gasteiger partial charge in [0.05, 0.1) is 12.0 Å². The van der Waals surface area contributed by atoms with E-state index >= 15 is 0 Å². The summed E-state index contributed by atoms with van der Waals surface area (Å²) in [6.45, 7) is 3.72. The molecule has 2 aliphatic rings. The molecule has 9 heteroatoms. The van der Waals surface area contributed by atoms with E-state index in [9.17, 15) is 14.4 Å². The molecule has 2 aromatic rings. The molecule has 3 amide bonds. The molecule has 0 spiro atoms. The number of carbonyl (C=O) groups is 3. The highest BCUT2D eigenvalue weighted by atomic mass is 127. The van der Waals surface area contributed by atoms with Gasteiger partial charge in [0.25, 0.3) is 11.1 Å². The van der Waals surface area contributed by atoms with E-state index in [4.69, 9.17) is 4.74 Å². The highest BCUT2D eigenvalue weighted by molar-refractivity contribution is 14.1. The van der Waals surface area contributed by atoms with Crippen LogP contribution in [0.2, 0.25) is 0 Å². The van der Waals surface area contributed by atoms with E-state index in [0.717, 1.165) is 53.5 Å². The minimum Gasteiger partial charge on any atom is -0.487 e. The van der Waals surface area contributed by atoms with E-state index in [1.54, 1.807) is 11.0 Å². The Morgan fingerprint density at radius 2 is 1.73 bits per heavy atom. The van der Waals surface area contributed by atoms with Gasteiger partial charge in [0.1, 0.15) is 18.9 Å². The Kier molecular flexibility index (Phi) is 8.00. The third-order valence-corrected chi connectivity index (χ3v) is 7.96. The first kappa shape index (κ1) is 24.5. The number of halogens is 2. The van der Waals surface area contributed by atoms with Gasteiger partial charge in [-0.3, -0.25) is 19.3 Å². The molecule has 172 valence electrons. The zero-order valence-electron chi connectivity index (χ0n) is 18.0. The summed E-state index contributed by atoms with van der Waals surface area (Å²) in [5.41, 5.74) is 3.10. The maximum absolute atomic E-state index is 12.8. The zero-order chi connectivity index (χ0) is 23.5. The number of carbonyl (C=O) groups excluding carboxylic acids is 3. The molecule has 2 fully saturated rings. The highest BCUT2D eigenvalue weighted by Crippen LogP contribution is 2.35. The maximum Gasteiger partial charge on any atom is 0.294 e. The quantitative estimate of drug-likeness (QED) is 0.299. The smallest absolute Gasteiger partial charge is 0.294 e. The van der Waals surface area contributed by atoms with Gasteiger partial charge < -0.3 is 9.64 Å². The monoisotopic (exact) mass is 688 g/mol. The normalized spacial score (nSPS) is 17.4. The number of hydrogen-bond donors (Lipinski definition) is 0. The number of benzene rings is 2. The van der Waals surface area contributed by atoms with E-state index < -0.39 is 11.1 Å². The standard InChI is InChI=1S/C24H22I2N2O4S/c1-15-4-6-16(7-5-15)14-32-22-18(25)10-17(11-19(22)26)12-20-23(30)28(24(31)33-20)13-21(29)27-8-2-3-9-27/h4-7,10-12H,2-3,8-9,13-14H2,1H3/b20-12+. The van der Waals surface area contributed by atoms with Gasteiger partial charge in [-0.05, 0) is 106 Å². The summed E-state index contributed by atoms with van der Waals surface area (Å²) in [4.78, 5) is 40.7. The lowest BCUT2D eigenvalue weighted by Gasteiger charge is -2.18. The highest BCUT2D eigenvalue weighted by Gasteiger charge is 2.37. The average Bonchev–Trinajstić information content (AvgIpc) is 3.39. The van der Waals surface area contributed by atoms with Gasteiger partial charge in [0, 0.05) is 13.1 Å².